The molecule has 0 aromatic carbocycles. The van der Waals surface area contributed by atoms with E-state index in [2.05, 4.69) is 31.3 Å². The summed E-state index contributed by atoms with van der Waals surface area (Å²) in [7, 11) is 1.88. The van der Waals surface area contributed by atoms with E-state index in [1.165, 1.54) is 6.33 Å². The van der Waals surface area contributed by atoms with E-state index in [0.29, 0.717) is 48.7 Å². The van der Waals surface area contributed by atoms with Crippen molar-refractivity contribution in [2.45, 2.75) is 18.4 Å². The molecule has 1 aromatic heterocycles. The van der Waals surface area contributed by atoms with Gasteiger partial charge in [-0.1, -0.05) is 0 Å². The normalized spacial score (nSPS) is 18.1. The number of anilines is 2. The monoisotopic (exact) mass is 331 g/mol. The highest BCUT2D eigenvalue weighted by molar-refractivity contribution is 9.10. The number of aliphatic hydroxyl groups is 1. The summed E-state index contributed by atoms with van der Waals surface area (Å²) in [5, 5.41) is 10.5. The number of hydrogen-bond acceptors (Lipinski definition) is 7. The number of hydrazine groups is 1. The van der Waals surface area contributed by atoms with Crippen molar-refractivity contribution in [2.24, 2.45) is 5.84 Å². The molecule has 0 amide bonds. The Morgan fingerprint density at radius 2 is 2.21 bits per heavy atom. The van der Waals surface area contributed by atoms with E-state index in [9.17, 15) is 5.11 Å². The van der Waals surface area contributed by atoms with Gasteiger partial charge < -0.3 is 20.2 Å². The molecule has 0 saturated carbocycles. The molecule has 0 spiro atoms. The van der Waals surface area contributed by atoms with Crippen LogP contribution in [0.1, 0.15) is 12.8 Å². The van der Waals surface area contributed by atoms with Crippen LogP contribution in [0, 0.1) is 0 Å². The summed E-state index contributed by atoms with van der Waals surface area (Å²) in [5.74, 6) is 6.57. The summed E-state index contributed by atoms with van der Waals surface area (Å²) in [5.41, 5.74) is 1.75. The van der Waals surface area contributed by atoms with E-state index in [0.717, 1.165) is 0 Å². The van der Waals surface area contributed by atoms with Crippen LogP contribution in [0.15, 0.2) is 10.8 Å². The van der Waals surface area contributed by atoms with Crippen molar-refractivity contribution in [1.82, 2.24) is 9.97 Å². The zero-order chi connectivity index (χ0) is 13.9. The third-order valence-corrected chi connectivity index (χ3v) is 3.95. The first-order valence-electron chi connectivity index (χ1n) is 6.04. The second-order valence-corrected chi connectivity index (χ2v) is 5.49. The van der Waals surface area contributed by atoms with Crippen LogP contribution in [-0.2, 0) is 4.74 Å². The fourth-order valence-electron chi connectivity index (χ4n) is 2.15. The minimum atomic E-state index is -0.742. The molecule has 7 nitrogen and oxygen atoms in total. The van der Waals surface area contributed by atoms with Crippen LogP contribution in [0.2, 0.25) is 0 Å². The average Bonchev–Trinajstić information content (AvgIpc) is 2.39. The van der Waals surface area contributed by atoms with Gasteiger partial charge >= 0.3 is 0 Å². The molecule has 2 heterocycles. The van der Waals surface area contributed by atoms with Gasteiger partial charge in [-0.15, -0.1) is 0 Å². The highest BCUT2D eigenvalue weighted by atomic mass is 79.9. The van der Waals surface area contributed by atoms with Crippen LogP contribution in [-0.4, -0.2) is 47.5 Å². The molecule has 1 saturated heterocycles. The van der Waals surface area contributed by atoms with Crippen LogP contribution in [0.4, 0.5) is 11.6 Å². The summed E-state index contributed by atoms with van der Waals surface area (Å²) < 4.78 is 5.95. The van der Waals surface area contributed by atoms with Crippen molar-refractivity contribution in [3.8, 4) is 0 Å². The third-order valence-electron chi connectivity index (χ3n) is 3.22. The van der Waals surface area contributed by atoms with Crippen molar-refractivity contribution in [1.29, 1.82) is 0 Å². The predicted octanol–water partition coefficient (Wildman–Crippen LogP) is 0.502. The molecule has 8 heteroatoms. The van der Waals surface area contributed by atoms with E-state index in [1.807, 2.05) is 11.9 Å². The Hall–Kier alpha value is -0.960. The van der Waals surface area contributed by atoms with Gasteiger partial charge in [-0.05, 0) is 15.9 Å². The number of nitrogen functional groups attached to an aromatic ring is 1. The number of nitrogens with two attached hydrogens (primary N) is 1. The first-order valence-corrected chi connectivity index (χ1v) is 6.83. The Bertz CT molecular complexity index is 439. The number of likely N-dealkylation sites (N-methyl/N-ethyl adjacent to an activating group) is 1. The molecule has 1 aromatic rings. The number of nitrogens with one attached hydrogen (secondary N) is 1. The number of aromatic nitrogens is 2. The number of ether oxygens (including phenoxy) is 1. The van der Waals surface area contributed by atoms with Crippen LogP contribution < -0.4 is 16.2 Å². The number of hydrogen-bond donors (Lipinski definition) is 3. The second kappa shape index (κ2) is 6.00. The van der Waals surface area contributed by atoms with Gasteiger partial charge in [0.25, 0.3) is 0 Å². The molecule has 0 unspecified atom stereocenters. The van der Waals surface area contributed by atoms with Gasteiger partial charge in [0.15, 0.2) is 5.82 Å². The van der Waals surface area contributed by atoms with E-state index >= 15 is 0 Å². The summed E-state index contributed by atoms with van der Waals surface area (Å²) in [6.45, 7) is 1.66. The van der Waals surface area contributed by atoms with E-state index in [-0.39, 0.29) is 0 Å². The average molecular weight is 332 g/mol. The highest BCUT2D eigenvalue weighted by Crippen LogP contribution is 2.30. The Labute approximate surface area is 120 Å². The van der Waals surface area contributed by atoms with Gasteiger partial charge in [0.1, 0.15) is 16.6 Å². The van der Waals surface area contributed by atoms with Gasteiger partial charge in [0, 0.05) is 39.6 Å². The summed E-state index contributed by atoms with van der Waals surface area (Å²) in [6, 6.07) is 0. The molecular weight excluding hydrogens is 314 g/mol. The number of nitrogens with zero attached hydrogens (tertiary/aromatic N) is 3. The van der Waals surface area contributed by atoms with Crippen molar-refractivity contribution < 1.29 is 9.84 Å². The zero-order valence-electron chi connectivity index (χ0n) is 10.8. The molecule has 106 valence electrons. The van der Waals surface area contributed by atoms with Crippen LogP contribution in [0.25, 0.3) is 0 Å². The maximum absolute atomic E-state index is 10.5. The Morgan fingerprint density at radius 1 is 1.53 bits per heavy atom. The lowest BCUT2D eigenvalue weighted by Gasteiger charge is -2.36. The lowest BCUT2D eigenvalue weighted by Crippen LogP contribution is -2.46. The van der Waals surface area contributed by atoms with Crippen LogP contribution in [0.5, 0.6) is 0 Å². The van der Waals surface area contributed by atoms with Crippen molar-refractivity contribution in [3.63, 3.8) is 0 Å². The minimum absolute atomic E-state index is 0.482. The summed E-state index contributed by atoms with van der Waals surface area (Å²) in [4.78, 5) is 10.1. The van der Waals surface area contributed by atoms with Crippen molar-refractivity contribution >= 4 is 27.6 Å². The molecule has 0 radical (unpaired) electrons. The highest BCUT2D eigenvalue weighted by Gasteiger charge is 2.32. The van der Waals surface area contributed by atoms with Crippen LogP contribution >= 0.6 is 15.9 Å². The SMILES string of the molecule is CN(CC1(O)CCOCC1)c1ncnc(NN)c1Br. The molecule has 0 aliphatic carbocycles. The fourth-order valence-corrected chi connectivity index (χ4v) is 2.78. The van der Waals surface area contributed by atoms with E-state index in [4.69, 9.17) is 10.6 Å². The van der Waals surface area contributed by atoms with Gasteiger partial charge in [-0.25, -0.2) is 15.8 Å². The van der Waals surface area contributed by atoms with Crippen molar-refractivity contribution in [3.05, 3.63) is 10.8 Å². The molecule has 4 N–H and O–H groups in total. The van der Waals surface area contributed by atoms with Crippen molar-refractivity contribution in [2.75, 3.05) is 37.1 Å². The Kier molecular flexibility index (Phi) is 4.56. The number of rotatable bonds is 4. The van der Waals surface area contributed by atoms with E-state index < -0.39 is 5.60 Å². The zero-order valence-corrected chi connectivity index (χ0v) is 12.4. The molecule has 19 heavy (non-hydrogen) atoms. The molecule has 2 rings (SSSR count). The largest absolute Gasteiger partial charge is 0.388 e. The first-order chi connectivity index (χ1) is 9.06. The molecule has 1 fully saturated rings. The topological polar surface area (TPSA) is 96.5 Å². The second-order valence-electron chi connectivity index (χ2n) is 4.70. The molecule has 1 aliphatic rings. The molecule has 1 aliphatic heterocycles. The standard InChI is InChI=1S/C11H18BrN5O2/c1-17(6-11(18)2-4-19-5-3-11)10-8(12)9(16-13)14-7-15-10/h7,18H,2-6,13H2,1H3,(H,14,15,16). The first kappa shape index (κ1) is 14.4. The molecular formula is C11H18BrN5O2. The van der Waals surface area contributed by atoms with Crippen LogP contribution in [0.3, 0.4) is 0 Å². The third kappa shape index (κ3) is 3.33. The van der Waals surface area contributed by atoms with Gasteiger partial charge in [-0.3, -0.25) is 0 Å². The predicted molar refractivity (Wildman–Crippen MR) is 75.8 cm³/mol. The summed E-state index contributed by atoms with van der Waals surface area (Å²) in [6.07, 6.45) is 2.68. The summed E-state index contributed by atoms with van der Waals surface area (Å²) >= 11 is 3.41. The maximum atomic E-state index is 10.5. The minimum Gasteiger partial charge on any atom is -0.388 e. The fraction of sp³-hybridized carbons (Fsp3) is 0.636. The van der Waals surface area contributed by atoms with Gasteiger partial charge in [0.2, 0.25) is 0 Å². The lowest BCUT2D eigenvalue weighted by atomic mass is 9.94. The quantitative estimate of drug-likeness (QED) is 0.546. The van der Waals surface area contributed by atoms with Gasteiger partial charge in [-0.2, -0.15) is 0 Å². The van der Waals surface area contributed by atoms with Gasteiger partial charge in [0.05, 0.1) is 5.60 Å². The van der Waals surface area contributed by atoms with E-state index in [1.54, 1.807) is 0 Å². The Balaban J connectivity index is 2.13. The smallest absolute Gasteiger partial charge is 0.159 e. The number of halogens is 1. The lowest BCUT2D eigenvalue weighted by molar-refractivity contribution is -0.0573. The molecule has 0 bridgehead atoms. The Morgan fingerprint density at radius 3 is 2.84 bits per heavy atom. The maximum Gasteiger partial charge on any atom is 0.159 e. The molecule has 0 atom stereocenters.